The molecular weight excluding hydrogens is 256 g/mol. The fourth-order valence-electron chi connectivity index (χ4n) is 2.57. The highest BCUT2D eigenvalue weighted by atomic mass is 32.1. The van der Waals surface area contributed by atoms with E-state index < -0.39 is 0 Å². The van der Waals surface area contributed by atoms with Crippen LogP contribution in [0.5, 0.6) is 0 Å². The van der Waals surface area contributed by atoms with E-state index in [0.717, 1.165) is 16.6 Å². The minimum Gasteiger partial charge on any atom is -0.358 e. The maximum absolute atomic E-state index is 4.25. The summed E-state index contributed by atoms with van der Waals surface area (Å²) in [5.74, 6) is 0.643. The van der Waals surface area contributed by atoms with Crippen molar-refractivity contribution in [1.82, 2.24) is 15.5 Å². The van der Waals surface area contributed by atoms with Gasteiger partial charge in [-0.1, -0.05) is 31.6 Å². The molecule has 1 saturated heterocycles. The molecule has 0 amide bonds. The van der Waals surface area contributed by atoms with Crippen LogP contribution in [0.2, 0.25) is 0 Å². The molecule has 108 valence electrons. The summed E-state index contributed by atoms with van der Waals surface area (Å²) < 4.78 is 0. The number of hydrogen-bond acceptors (Lipinski definition) is 5. The van der Waals surface area contributed by atoms with Crippen LogP contribution in [0.15, 0.2) is 0 Å². The average molecular weight is 282 g/mol. The van der Waals surface area contributed by atoms with Gasteiger partial charge >= 0.3 is 0 Å². The Balaban J connectivity index is 1.77. The summed E-state index contributed by atoms with van der Waals surface area (Å²) >= 11 is 1.70. The van der Waals surface area contributed by atoms with E-state index in [9.17, 15) is 0 Å². The van der Waals surface area contributed by atoms with Crippen LogP contribution < -0.4 is 10.6 Å². The van der Waals surface area contributed by atoms with Crippen molar-refractivity contribution in [3.05, 3.63) is 5.01 Å². The average Bonchev–Trinajstić information content (AvgIpc) is 2.76. The molecule has 19 heavy (non-hydrogen) atoms. The Labute approximate surface area is 120 Å². The number of nitrogens with zero attached hydrogens (tertiary/aromatic N) is 2. The van der Waals surface area contributed by atoms with Gasteiger partial charge in [-0.3, -0.25) is 0 Å². The SMILES string of the molecule is CC(C)Cc1nnc(NC(C)CC2CCCCN2)s1. The Hall–Kier alpha value is -0.680. The van der Waals surface area contributed by atoms with Crippen LogP contribution in [0.3, 0.4) is 0 Å². The topological polar surface area (TPSA) is 49.8 Å². The van der Waals surface area contributed by atoms with Crippen molar-refractivity contribution in [3.8, 4) is 0 Å². The van der Waals surface area contributed by atoms with E-state index in [-0.39, 0.29) is 0 Å². The Morgan fingerprint density at radius 2 is 2.16 bits per heavy atom. The van der Waals surface area contributed by atoms with Crippen molar-refractivity contribution in [2.24, 2.45) is 5.92 Å². The first-order valence-electron chi connectivity index (χ1n) is 7.45. The fraction of sp³-hybridized carbons (Fsp3) is 0.857. The first-order chi connectivity index (χ1) is 9.13. The number of hydrogen-bond donors (Lipinski definition) is 2. The molecule has 2 N–H and O–H groups in total. The molecule has 0 spiro atoms. The van der Waals surface area contributed by atoms with Gasteiger partial charge in [0, 0.05) is 18.5 Å². The van der Waals surface area contributed by atoms with Crippen LogP contribution in [-0.4, -0.2) is 28.8 Å². The summed E-state index contributed by atoms with van der Waals surface area (Å²) in [5, 5.41) is 17.7. The van der Waals surface area contributed by atoms with Gasteiger partial charge in [0.05, 0.1) is 0 Å². The van der Waals surface area contributed by atoms with Gasteiger partial charge in [-0.05, 0) is 38.6 Å². The summed E-state index contributed by atoms with van der Waals surface area (Å²) in [6.45, 7) is 7.84. The van der Waals surface area contributed by atoms with Crippen molar-refractivity contribution < 1.29 is 0 Å². The minimum atomic E-state index is 0.454. The zero-order valence-corrected chi connectivity index (χ0v) is 13.1. The zero-order chi connectivity index (χ0) is 13.7. The van der Waals surface area contributed by atoms with E-state index in [1.54, 1.807) is 11.3 Å². The van der Waals surface area contributed by atoms with Crippen LogP contribution in [0.4, 0.5) is 5.13 Å². The highest BCUT2D eigenvalue weighted by molar-refractivity contribution is 7.15. The van der Waals surface area contributed by atoms with Crippen molar-refractivity contribution in [2.45, 2.75) is 65.0 Å². The number of anilines is 1. The van der Waals surface area contributed by atoms with Gasteiger partial charge < -0.3 is 10.6 Å². The van der Waals surface area contributed by atoms with E-state index in [1.165, 1.54) is 32.2 Å². The van der Waals surface area contributed by atoms with E-state index in [4.69, 9.17) is 0 Å². The fourth-order valence-corrected chi connectivity index (χ4v) is 3.63. The maximum Gasteiger partial charge on any atom is 0.205 e. The first kappa shape index (κ1) is 14.7. The molecule has 0 aromatic carbocycles. The zero-order valence-electron chi connectivity index (χ0n) is 12.3. The normalized spacial score (nSPS) is 21.6. The largest absolute Gasteiger partial charge is 0.358 e. The van der Waals surface area contributed by atoms with Gasteiger partial charge in [-0.25, -0.2) is 0 Å². The molecule has 2 atom stereocenters. The van der Waals surface area contributed by atoms with E-state index in [2.05, 4.69) is 41.6 Å². The van der Waals surface area contributed by atoms with Gasteiger partial charge in [0.2, 0.25) is 5.13 Å². The van der Waals surface area contributed by atoms with Gasteiger partial charge in [0.25, 0.3) is 0 Å². The molecule has 1 aromatic rings. The number of piperidine rings is 1. The third-order valence-electron chi connectivity index (χ3n) is 3.47. The molecule has 1 aromatic heterocycles. The molecular formula is C14H26N4S. The standard InChI is InChI=1S/C14H26N4S/c1-10(2)8-13-17-18-14(19-13)16-11(3)9-12-6-4-5-7-15-12/h10-12,15H,4-9H2,1-3H3,(H,16,18). The van der Waals surface area contributed by atoms with Crippen LogP contribution in [0.1, 0.15) is 51.5 Å². The summed E-state index contributed by atoms with van der Waals surface area (Å²) in [4.78, 5) is 0. The lowest BCUT2D eigenvalue weighted by molar-refractivity contribution is 0.371. The molecule has 2 heterocycles. The molecule has 2 unspecified atom stereocenters. The molecule has 0 radical (unpaired) electrons. The Morgan fingerprint density at radius 1 is 1.32 bits per heavy atom. The van der Waals surface area contributed by atoms with Gasteiger partial charge in [-0.2, -0.15) is 0 Å². The second-order valence-electron chi connectivity index (χ2n) is 6.03. The Bertz CT molecular complexity index is 371. The summed E-state index contributed by atoms with van der Waals surface area (Å²) in [5.41, 5.74) is 0. The molecule has 1 aliphatic rings. The third kappa shape index (κ3) is 5.07. The first-order valence-corrected chi connectivity index (χ1v) is 8.27. The number of nitrogens with one attached hydrogen (secondary N) is 2. The van der Waals surface area contributed by atoms with Crippen LogP contribution in [0.25, 0.3) is 0 Å². The number of aromatic nitrogens is 2. The molecule has 0 bridgehead atoms. The second-order valence-corrected chi connectivity index (χ2v) is 7.09. The van der Waals surface area contributed by atoms with Crippen molar-refractivity contribution >= 4 is 16.5 Å². The minimum absolute atomic E-state index is 0.454. The molecule has 1 fully saturated rings. The van der Waals surface area contributed by atoms with Crippen molar-refractivity contribution in [3.63, 3.8) is 0 Å². The molecule has 1 aliphatic heterocycles. The predicted molar refractivity (Wildman–Crippen MR) is 81.8 cm³/mol. The second kappa shape index (κ2) is 7.20. The van der Waals surface area contributed by atoms with E-state index in [1.807, 2.05) is 0 Å². The Morgan fingerprint density at radius 3 is 2.84 bits per heavy atom. The lowest BCUT2D eigenvalue weighted by Crippen LogP contribution is -2.37. The van der Waals surface area contributed by atoms with Crippen molar-refractivity contribution in [2.75, 3.05) is 11.9 Å². The molecule has 5 heteroatoms. The van der Waals surface area contributed by atoms with Crippen LogP contribution >= 0.6 is 11.3 Å². The summed E-state index contributed by atoms with van der Waals surface area (Å²) in [6, 6.07) is 1.12. The smallest absolute Gasteiger partial charge is 0.205 e. The molecule has 0 saturated carbocycles. The highest BCUT2D eigenvalue weighted by Gasteiger charge is 2.16. The van der Waals surface area contributed by atoms with Crippen LogP contribution in [0, 0.1) is 5.92 Å². The lowest BCUT2D eigenvalue weighted by atomic mass is 9.99. The molecule has 4 nitrogen and oxygen atoms in total. The van der Waals surface area contributed by atoms with Gasteiger partial charge in [0.1, 0.15) is 5.01 Å². The van der Waals surface area contributed by atoms with E-state index in [0.29, 0.717) is 18.0 Å². The Kier molecular flexibility index (Phi) is 5.58. The summed E-state index contributed by atoms with van der Waals surface area (Å²) in [7, 11) is 0. The lowest BCUT2D eigenvalue weighted by Gasteiger charge is -2.26. The molecule has 0 aliphatic carbocycles. The third-order valence-corrected chi connectivity index (χ3v) is 4.35. The van der Waals surface area contributed by atoms with Gasteiger partial charge in [-0.15, -0.1) is 10.2 Å². The predicted octanol–water partition coefficient (Wildman–Crippen LogP) is 3.07. The van der Waals surface area contributed by atoms with E-state index >= 15 is 0 Å². The highest BCUT2D eigenvalue weighted by Crippen LogP contribution is 2.20. The maximum atomic E-state index is 4.25. The number of rotatable bonds is 6. The quantitative estimate of drug-likeness (QED) is 0.842. The molecule has 2 rings (SSSR count). The van der Waals surface area contributed by atoms with Crippen LogP contribution in [-0.2, 0) is 6.42 Å². The van der Waals surface area contributed by atoms with Crippen molar-refractivity contribution in [1.29, 1.82) is 0 Å². The monoisotopic (exact) mass is 282 g/mol. The van der Waals surface area contributed by atoms with Gasteiger partial charge in [0.15, 0.2) is 0 Å². The summed E-state index contributed by atoms with van der Waals surface area (Å²) in [6.07, 6.45) is 6.19.